The van der Waals surface area contributed by atoms with E-state index in [1.165, 1.54) is 11.1 Å². The number of anilines is 3. The number of ether oxygens (including phenoxy) is 1. The number of nitrogens with one attached hydrogen (secondary N) is 3. The van der Waals surface area contributed by atoms with E-state index in [0.29, 0.717) is 35.8 Å². The number of carbonyl (C=O) groups excluding carboxylic acids is 4. The molecule has 0 spiro atoms. The fourth-order valence-electron chi connectivity index (χ4n) is 8.99. The number of carboxylic acids is 1. The first-order valence-electron chi connectivity index (χ1n) is 24.1. The number of piperidine rings is 2. The third kappa shape index (κ3) is 13.5. The van der Waals surface area contributed by atoms with Crippen LogP contribution >= 0.6 is 11.3 Å². The molecule has 2 aromatic heterocycles. The van der Waals surface area contributed by atoms with Crippen LogP contribution in [-0.2, 0) is 20.8 Å². The number of carbonyl (C=O) groups is 5. The van der Waals surface area contributed by atoms with Crippen LogP contribution in [0.25, 0.3) is 32.1 Å². The fraction of sp³-hybridized carbons (Fsp3) is 0.389. The lowest BCUT2D eigenvalue weighted by atomic mass is 9.85. The maximum atomic E-state index is 14.7. The van der Waals surface area contributed by atoms with Gasteiger partial charge in [-0.25, -0.2) is 19.2 Å². The van der Waals surface area contributed by atoms with Crippen LogP contribution in [0.15, 0.2) is 79.0 Å². The maximum Gasteiger partial charge on any atom is 0.349 e. The number of carboxylic acid groups (broad SMARTS) is 1. The molecule has 0 radical (unpaired) electrons. The number of aliphatic hydroxyl groups excluding tert-OH is 1. The van der Waals surface area contributed by atoms with Crippen molar-refractivity contribution in [1.29, 1.82) is 0 Å². The minimum Gasteiger partial charge on any atom is -0.481 e. The summed E-state index contributed by atoms with van der Waals surface area (Å²) in [5, 5.41) is 28.6. The van der Waals surface area contributed by atoms with Crippen molar-refractivity contribution < 1.29 is 43.3 Å². The molecule has 4 heterocycles. The maximum absolute atomic E-state index is 14.7. The lowest BCUT2D eigenvalue weighted by molar-refractivity contribution is -0.122. The average Bonchev–Trinajstić information content (AvgIpc) is 3.76. The number of fused-ring (bicyclic) bond motifs is 2. The van der Waals surface area contributed by atoms with Crippen LogP contribution in [0, 0.1) is 5.82 Å². The third-order valence-electron chi connectivity index (χ3n) is 12.6. The van der Waals surface area contributed by atoms with Gasteiger partial charge in [-0.3, -0.25) is 14.4 Å². The van der Waals surface area contributed by atoms with E-state index in [1.54, 1.807) is 25.2 Å². The van der Waals surface area contributed by atoms with Crippen molar-refractivity contribution in [3.63, 3.8) is 0 Å². The molecule has 0 saturated carbocycles. The number of aldehydes is 3. The number of aromatic nitrogens is 2. The van der Waals surface area contributed by atoms with Crippen molar-refractivity contribution in [2.75, 3.05) is 69.1 Å². The number of halogens is 1. The van der Waals surface area contributed by atoms with Gasteiger partial charge >= 0.3 is 5.97 Å². The molecule has 17 heteroatoms. The smallest absolute Gasteiger partial charge is 0.349 e. The monoisotopic (exact) mass is 991 g/mol. The second-order valence-corrected chi connectivity index (χ2v) is 17.7. The molecule has 71 heavy (non-hydrogen) atoms. The van der Waals surface area contributed by atoms with Crippen LogP contribution in [0.5, 0.6) is 5.75 Å². The minimum absolute atomic E-state index is 0.163. The van der Waals surface area contributed by atoms with Gasteiger partial charge in [0, 0.05) is 80.7 Å². The molecule has 1 unspecified atom stereocenters. The normalized spacial score (nSPS) is 14.1. The second kappa shape index (κ2) is 27.5. The number of amides is 1. The molecule has 1 amide bonds. The average molecular weight is 992 g/mol. The summed E-state index contributed by atoms with van der Waals surface area (Å²) < 4.78 is 19.7. The van der Waals surface area contributed by atoms with E-state index in [2.05, 4.69) is 63.1 Å². The molecule has 2 aliphatic heterocycles. The van der Waals surface area contributed by atoms with Gasteiger partial charge in [0.2, 0.25) is 11.9 Å². The van der Waals surface area contributed by atoms with Crippen LogP contribution < -0.4 is 30.5 Å². The largest absolute Gasteiger partial charge is 0.481 e. The van der Waals surface area contributed by atoms with Crippen LogP contribution in [0.4, 0.5) is 21.7 Å². The molecule has 0 aliphatic carbocycles. The molecule has 2 saturated heterocycles. The van der Waals surface area contributed by atoms with Gasteiger partial charge in [0.1, 0.15) is 18.9 Å². The summed E-state index contributed by atoms with van der Waals surface area (Å²) in [5.41, 5.74) is 6.26. The number of thiophene rings is 1. The topological polar surface area (TPSA) is 203 Å². The Hall–Kier alpha value is -6.82. The number of likely N-dealkylation sites (N-methyl/N-ethyl adjacent to an activating group) is 2. The number of nitrogens with zero attached hydrogens (tertiary/aromatic N) is 4. The molecule has 5 N–H and O–H groups in total. The van der Waals surface area contributed by atoms with E-state index in [1.807, 2.05) is 56.3 Å². The fourth-order valence-corrected chi connectivity index (χ4v) is 9.95. The zero-order valence-electron chi connectivity index (χ0n) is 41.4. The number of aliphatic hydroxyl groups is 1. The van der Waals surface area contributed by atoms with E-state index >= 15 is 0 Å². The number of hydrogen-bond donors (Lipinski definition) is 5. The molecule has 2 fully saturated rings. The van der Waals surface area contributed by atoms with E-state index in [9.17, 15) is 33.5 Å². The number of hydrogen-bond acceptors (Lipinski definition) is 14. The first kappa shape index (κ1) is 55.1. The van der Waals surface area contributed by atoms with E-state index in [-0.39, 0.29) is 27.8 Å². The van der Waals surface area contributed by atoms with E-state index < -0.39 is 24.4 Å². The highest BCUT2D eigenvalue weighted by molar-refractivity contribution is 7.17. The van der Waals surface area contributed by atoms with Gasteiger partial charge in [-0.1, -0.05) is 69.3 Å². The Morgan fingerprint density at radius 2 is 1.72 bits per heavy atom. The molecule has 8 rings (SSSR count). The number of benzene rings is 4. The first-order chi connectivity index (χ1) is 34.6. The highest BCUT2D eigenvalue weighted by Gasteiger charge is 2.29. The van der Waals surface area contributed by atoms with E-state index in [4.69, 9.17) is 14.8 Å². The predicted molar refractivity (Wildman–Crippen MR) is 281 cm³/mol. The Labute approximate surface area is 418 Å². The van der Waals surface area contributed by atoms with Crippen molar-refractivity contribution in [2.45, 2.75) is 83.7 Å². The summed E-state index contributed by atoms with van der Waals surface area (Å²) in [6, 6.07) is 23.4. The predicted octanol–water partition coefficient (Wildman–Crippen LogP) is 8.70. The zero-order chi connectivity index (χ0) is 51.5. The summed E-state index contributed by atoms with van der Waals surface area (Å²) in [6.45, 7) is 9.33. The third-order valence-corrected chi connectivity index (χ3v) is 13.7. The Kier molecular flexibility index (Phi) is 21.4. The summed E-state index contributed by atoms with van der Waals surface area (Å²) in [6.07, 6.45) is 9.60. The molecule has 15 nitrogen and oxygen atoms in total. The van der Waals surface area contributed by atoms with Crippen LogP contribution in [0.2, 0.25) is 0 Å². The Morgan fingerprint density at radius 1 is 0.986 bits per heavy atom. The summed E-state index contributed by atoms with van der Waals surface area (Å²) in [4.78, 5) is 71.5. The SMILES string of the molecule is CC.CCc1ccc2cnc(N3CCC(c4ccc(N(C)C(CCC=O)C(=O)NC)c5c(C=O)cccc45)CC3)nc2c1.CO.O=CCOc1c(C(=O)O)sc(-c2cccc(NC3CCNCC3)c2)c1F. The van der Waals surface area contributed by atoms with E-state index in [0.717, 1.165) is 128 Å². The lowest BCUT2D eigenvalue weighted by Crippen LogP contribution is -2.44. The lowest BCUT2D eigenvalue weighted by Gasteiger charge is -2.34. The van der Waals surface area contributed by atoms with Gasteiger partial charge < -0.3 is 45.5 Å². The molecule has 0 bridgehead atoms. The van der Waals surface area contributed by atoms with Crippen LogP contribution in [-0.4, -0.2) is 117 Å². The first-order valence-corrected chi connectivity index (χ1v) is 24.9. The molecule has 2 aliphatic rings. The summed E-state index contributed by atoms with van der Waals surface area (Å²) >= 11 is 0.799. The molecule has 4 aromatic carbocycles. The van der Waals surface area contributed by atoms with Crippen molar-refractivity contribution in [3.05, 3.63) is 106 Å². The summed E-state index contributed by atoms with van der Waals surface area (Å²) in [7, 11) is 4.45. The number of aromatic carboxylic acids is 1. The highest BCUT2D eigenvalue weighted by atomic mass is 32.1. The number of rotatable bonds is 17. The molecular weight excluding hydrogens is 926 g/mol. The highest BCUT2D eigenvalue weighted by Crippen LogP contribution is 2.42. The quantitative estimate of drug-likeness (QED) is 0.0543. The molecular formula is C54H66FN7O8S. The Morgan fingerprint density at radius 3 is 2.38 bits per heavy atom. The van der Waals surface area contributed by atoms with Gasteiger partial charge in [0.15, 0.2) is 29.0 Å². The van der Waals surface area contributed by atoms with Gasteiger partial charge in [-0.2, -0.15) is 0 Å². The van der Waals surface area contributed by atoms with Crippen molar-refractivity contribution in [3.8, 4) is 16.2 Å². The van der Waals surface area contributed by atoms with Crippen molar-refractivity contribution in [1.82, 2.24) is 20.6 Å². The molecule has 378 valence electrons. The minimum atomic E-state index is -1.29. The standard InChI is InChI=1S/C33H37N5O3.C18H19FN2O4S.C2H6.CH4O/c1-4-22-10-11-24-20-35-33(36-28(24)19-22)38-16-14-23(15-17-38)26-12-13-29(31-25(21-40)7-5-8-27(26)31)37(3)30(9-6-18-39)32(41)34-2;19-14-15(25-9-8-22)17(18(23)24)26-16(14)11-2-1-3-13(10-11)21-12-4-6-20-7-5-12;2*1-2/h5,7-8,10-13,18-21,23,30H,4,6,9,14-17H2,1-3H3,(H,34,41);1-3,8,10,12,20-21H,4-7,9H2,(H,23,24);1-2H3;2H,1H3. The molecule has 1 atom stereocenters. The van der Waals surface area contributed by atoms with Crippen molar-refractivity contribution in [2.24, 2.45) is 0 Å². The van der Waals surface area contributed by atoms with Gasteiger partial charge in [-0.15, -0.1) is 11.3 Å². The van der Waals surface area contributed by atoms with Gasteiger partial charge in [-0.05, 0) is 104 Å². The zero-order valence-corrected chi connectivity index (χ0v) is 42.2. The summed E-state index contributed by atoms with van der Waals surface area (Å²) in [5.74, 6) is -1.51. The van der Waals surface area contributed by atoms with Gasteiger partial charge in [0.05, 0.1) is 10.4 Å². The Bertz CT molecular complexity index is 2740. The van der Waals surface area contributed by atoms with Crippen LogP contribution in [0.3, 0.4) is 0 Å². The van der Waals surface area contributed by atoms with Crippen molar-refractivity contribution >= 4 is 81.1 Å². The molecule has 6 aromatic rings. The second-order valence-electron chi connectivity index (χ2n) is 16.7. The number of aryl methyl sites for hydroxylation is 1. The van der Waals surface area contributed by atoms with Gasteiger partial charge in [0.25, 0.3) is 0 Å². The van der Waals surface area contributed by atoms with Crippen LogP contribution in [0.1, 0.15) is 96.4 Å². The Balaban J connectivity index is 0.000000269.